The molecule has 226 valence electrons. The van der Waals surface area contributed by atoms with E-state index in [-0.39, 0.29) is 36.2 Å². The van der Waals surface area contributed by atoms with Crippen molar-refractivity contribution >= 4 is 27.5 Å². The molecule has 1 saturated heterocycles. The number of nitrogens with zero attached hydrogens (tertiary/aromatic N) is 2. The maximum Gasteiger partial charge on any atom is 0.416 e. The van der Waals surface area contributed by atoms with E-state index in [0.29, 0.717) is 42.3 Å². The molecule has 1 heterocycles. The van der Waals surface area contributed by atoms with Gasteiger partial charge in [0, 0.05) is 36.1 Å². The first-order valence-electron chi connectivity index (χ1n) is 14.1. The zero-order valence-corrected chi connectivity index (χ0v) is 25.7. The molecule has 2 aliphatic rings. The summed E-state index contributed by atoms with van der Waals surface area (Å²) in [6.07, 6.45) is 0.289. The van der Waals surface area contributed by atoms with Crippen LogP contribution >= 0.6 is 11.8 Å². The molecule has 2 fully saturated rings. The number of nitrogens with one attached hydrogen (secondary N) is 1. The molecule has 11 heteroatoms. The van der Waals surface area contributed by atoms with Crippen molar-refractivity contribution in [2.45, 2.75) is 86.2 Å². The fourth-order valence-corrected chi connectivity index (χ4v) is 8.16. The fourth-order valence-electron chi connectivity index (χ4n) is 6.08. The number of carbonyl (C=O) groups is 1. The van der Waals surface area contributed by atoms with Crippen LogP contribution in [-0.4, -0.2) is 73.9 Å². The van der Waals surface area contributed by atoms with Crippen LogP contribution in [0, 0.1) is 5.92 Å². The summed E-state index contributed by atoms with van der Waals surface area (Å²) in [5.74, 6) is -0.374. The number of hydrogen-bond donors (Lipinski definition) is 1. The van der Waals surface area contributed by atoms with Gasteiger partial charge in [-0.2, -0.15) is 13.2 Å². The molecule has 41 heavy (non-hydrogen) atoms. The molecule has 2 aromatic carbocycles. The van der Waals surface area contributed by atoms with E-state index in [2.05, 4.69) is 31.1 Å². The summed E-state index contributed by atoms with van der Waals surface area (Å²) < 4.78 is 66.5. The topological polar surface area (TPSA) is 69.7 Å². The van der Waals surface area contributed by atoms with Gasteiger partial charge in [-0.1, -0.05) is 18.2 Å². The monoisotopic (exact) mass is 611 g/mol. The van der Waals surface area contributed by atoms with E-state index >= 15 is 0 Å². The van der Waals surface area contributed by atoms with Crippen LogP contribution in [0.3, 0.4) is 0 Å². The minimum absolute atomic E-state index is 0.0369. The van der Waals surface area contributed by atoms with Gasteiger partial charge >= 0.3 is 6.18 Å². The Morgan fingerprint density at radius 3 is 2.44 bits per heavy atom. The van der Waals surface area contributed by atoms with E-state index in [1.165, 1.54) is 6.07 Å². The molecule has 1 aliphatic heterocycles. The van der Waals surface area contributed by atoms with Crippen molar-refractivity contribution in [2.24, 2.45) is 5.92 Å². The average molecular weight is 612 g/mol. The van der Waals surface area contributed by atoms with Crippen LogP contribution in [-0.2, 0) is 27.4 Å². The first-order chi connectivity index (χ1) is 19.3. The first-order valence-corrected chi connectivity index (χ1v) is 17.0. The zero-order valence-electron chi connectivity index (χ0n) is 24.0. The third-order valence-electron chi connectivity index (χ3n) is 8.60. The molecule has 0 unspecified atom stereocenters. The van der Waals surface area contributed by atoms with Gasteiger partial charge in [0.25, 0.3) is 0 Å². The normalized spacial score (nSPS) is 24.0. The summed E-state index contributed by atoms with van der Waals surface area (Å²) in [7, 11) is -1.52. The highest BCUT2D eigenvalue weighted by atomic mass is 32.2. The van der Waals surface area contributed by atoms with E-state index in [1.54, 1.807) is 30.0 Å². The molecular weight excluding hydrogens is 571 g/mol. The second kappa shape index (κ2) is 13.1. The Bertz CT molecular complexity index is 1300. The Hall–Kier alpha value is -2.08. The highest BCUT2D eigenvalue weighted by Gasteiger charge is 2.44. The van der Waals surface area contributed by atoms with E-state index < -0.39 is 27.6 Å². The van der Waals surface area contributed by atoms with Gasteiger partial charge in [-0.15, -0.1) is 11.8 Å². The molecule has 4 rings (SSSR count). The summed E-state index contributed by atoms with van der Waals surface area (Å²) in [4.78, 5) is 18.9. The summed E-state index contributed by atoms with van der Waals surface area (Å²) in [5.41, 5.74) is -0.258. The fraction of sp³-hybridized carbons (Fsp3) is 0.567. The number of sulfone groups is 1. The number of rotatable bonds is 10. The minimum Gasteiger partial charge on any atom is -0.338 e. The molecule has 1 aliphatic carbocycles. The summed E-state index contributed by atoms with van der Waals surface area (Å²) in [5, 5.41) is 3.15. The molecule has 0 bridgehead atoms. The van der Waals surface area contributed by atoms with Gasteiger partial charge in [-0.25, -0.2) is 8.42 Å². The van der Waals surface area contributed by atoms with Gasteiger partial charge in [0.15, 0.2) is 9.84 Å². The van der Waals surface area contributed by atoms with Crippen LogP contribution < -0.4 is 5.32 Å². The quantitative estimate of drug-likeness (QED) is 0.360. The SMILES string of the molecule is CSc1ccc(S(=O)(=O)C[C@H]2C[C@H](N(C)C(C)C)CC[C@@H]2N2CC[C@H](NCc3cccc(C(F)(F)F)c3)C2=O)cc1. The van der Waals surface area contributed by atoms with Crippen molar-refractivity contribution in [3.8, 4) is 0 Å². The number of benzene rings is 2. The Labute approximate surface area is 246 Å². The second-order valence-electron chi connectivity index (χ2n) is 11.5. The van der Waals surface area contributed by atoms with Crippen LogP contribution in [0.25, 0.3) is 0 Å². The Kier molecular flexibility index (Phi) is 10.1. The predicted octanol–water partition coefficient (Wildman–Crippen LogP) is 5.47. The minimum atomic E-state index is -4.43. The van der Waals surface area contributed by atoms with Crippen LogP contribution in [0.5, 0.6) is 0 Å². The number of alkyl halides is 3. The van der Waals surface area contributed by atoms with Crippen LogP contribution in [0.15, 0.2) is 58.3 Å². The van der Waals surface area contributed by atoms with Crippen molar-refractivity contribution in [3.05, 3.63) is 59.7 Å². The number of thioether (sulfide) groups is 1. The summed E-state index contributed by atoms with van der Waals surface area (Å²) >= 11 is 1.55. The summed E-state index contributed by atoms with van der Waals surface area (Å²) in [6.45, 7) is 4.88. The number of hydrogen-bond acceptors (Lipinski definition) is 6. The van der Waals surface area contributed by atoms with Crippen molar-refractivity contribution in [1.82, 2.24) is 15.1 Å². The van der Waals surface area contributed by atoms with Crippen molar-refractivity contribution in [1.29, 1.82) is 0 Å². The Balaban J connectivity index is 1.49. The molecule has 0 spiro atoms. The largest absolute Gasteiger partial charge is 0.416 e. The van der Waals surface area contributed by atoms with Gasteiger partial charge in [0.05, 0.1) is 22.3 Å². The van der Waals surface area contributed by atoms with Crippen LogP contribution in [0.1, 0.15) is 50.7 Å². The molecular formula is C30H40F3N3O3S2. The molecule has 1 saturated carbocycles. The Morgan fingerprint density at radius 2 is 1.80 bits per heavy atom. The lowest BCUT2D eigenvalue weighted by atomic mass is 9.81. The van der Waals surface area contributed by atoms with Gasteiger partial charge in [-0.05, 0) is 94.6 Å². The molecule has 1 N–H and O–H groups in total. The predicted molar refractivity (Wildman–Crippen MR) is 156 cm³/mol. The lowest BCUT2D eigenvalue weighted by Crippen LogP contribution is -2.52. The highest BCUT2D eigenvalue weighted by molar-refractivity contribution is 7.98. The van der Waals surface area contributed by atoms with Gasteiger partial charge in [0.2, 0.25) is 5.91 Å². The highest BCUT2D eigenvalue weighted by Crippen LogP contribution is 2.36. The number of carbonyl (C=O) groups excluding carboxylic acids is 1. The molecule has 2 aromatic rings. The molecule has 4 atom stereocenters. The van der Waals surface area contributed by atoms with Crippen LogP contribution in [0.4, 0.5) is 13.2 Å². The third kappa shape index (κ3) is 7.66. The zero-order chi connectivity index (χ0) is 29.9. The maximum atomic E-state index is 13.6. The molecule has 1 amide bonds. The number of halogens is 3. The summed E-state index contributed by atoms with van der Waals surface area (Å²) in [6, 6.07) is 11.9. The van der Waals surface area contributed by atoms with E-state index in [9.17, 15) is 26.4 Å². The molecule has 0 radical (unpaired) electrons. The second-order valence-corrected chi connectivity index (χ2v) is 14.4. The van der Waals surface area contributed by atoms with Crippen molar-refractivity contribution < 1.29 is 26.4 Å². The van der Waals surface area contributed by atoms with Gasteiger partial charge in [0.1, 0.15) is 0 Å². The lowest BCUT2D eigenvalue weighted by molar-refractivity contribution is -0.137. The van der Waals surface area contributed by atoms with Crippen molar-refractivity contribution in [3.63, 3.8) is 0 Å². The van der Waals surface area contributed by atoms with Crippen molar-refractivity contribution in [2.75, 3.05) is 25.6 Å². The Morgan fingerprint density at radius 1 is 1.10 bits per heavy atom. The van der Waals surface area contributed by atoms with E-state index in [1.807, 2.05) is 23.3 Å². The first kappa shape index (κ1) is 31.8. The standard InChI is InChI=1S/C30H40F3N3O3S2/c1-20(2)35(3)24-8-13-28(22(17-24)19-41(38,39)26-11-9-25(40-4)10-12-26)36-15-14-27(29(36)37)34-18-21-6-5-7-23(16-21)30(31,32)33/h5-7,9-12,16,20,22,24,27-28,34H,8,13-15,17-19H2,1-4H3/t22-,24-,27+,28+/m1/s1. The van der Waals surface area contributed by atoms with E-state index in [4.69, 9.17) is 0 Å². The lowest BCUT2D eigenvalue weighted by Gasteiger charge is -2.44. The van der Waals surface area contributed by atoms with Crippen LogP contribution in [0.2, 0.25) is 0 Å². The van der Waals surface area contributed by atoms with Gasteiger partial charge < -0.3 is 15.1 Å². The molecule has 0 aromatic heterocycles. The van der Waals surface area contributed by atoms with Gasteiger partial charge in [-0.3, -0.25) is 4.79 Å². The molecule has 6 nitrogen and oxygen atoms in total. The average Bonchev–Trinajstić information content (AvgIpc) is 3.30. The van der Waals surface area contributed by atoms with E-state index in [0.717, 1.165) is 23.4 Å². The number of amides is 1. The maximum absolute atomic E-state index is 13.6. The smallest absolute Gasteiger partial charge is 0.338 e. The number of likely N-dealkylation sites (tertiary alicyclic amines) is 1. The third-order valence-corrected chi connectivity index (χ3v) is 11.2.